The summed E-state index contributed by atoms with van der Waals surface area (Å²) in [5.74, 6) is 0. The van der Waals surface area contributed by atoms with Crippen LogP contribution in [0.4, 0.5) is 0 Å². The summed E-state index contributed by atoms with van der Waals surface area (Å²) in [6.07, 6.45) is 0. The molecule has 5 radical (unpaired) electrons. The summed E-state index contributed by atoms with van der Waals surface area (Å²) in [4.78, 5) is 0. The third-order valence-electron chi connectivity index (χ3n) is 0. The molecule has 0 heterocycles. The van der Waals surface area contributed by atoms with E-state index in [0.717, 1.165) is 0 Å². The normalized spacial score (nSPS) is 0. The Kier molecular flexibility index (Phi) is 90.2. The predicted octanol–water partition coefficient (Wildman–Crippen LogP) is -1.52. The van der Waals surface area contributed by atoms with Crippen molar-refractivity contribution in [2.45, 2.75) is 0 Å². The van der Waals surface area contributed by atoms with Gasteiger partial charge in [0.15, 0.2) is 0 Å². The molecular weight excluding hydrogens is 125 g/mol. The van der Waals surface area contributed by atoms with Crippen molar-refractivity contribution >= 4 is 155 Å². The first-order valence-electron chi connectivity index (χ1n) is 0. The summed E-state index contributed by atoms with van der Waals surface area (Å²) in [7, 11) is 0. The molecule has 0 aliphatic rings. The van der Waals surface area contributed by atoms with E-state index < -0.39 is 0 Å². The summed E-state index contributed by atoms with van der Waals surface area (Å²) in [6.45, 7) is 0. The molecule has 0 aromatic heterocycles. The third-order valence-corrected chi connectivity index (χ3v) is 0. The Labute approximate surface area is 150 Å². The van der Waals surface area contributed by atoms with Gasteiger partial charge in [-0.2, -0.15) is 0 Å². The van der Waals surface area contributed by atoms with E-state index in [1.165, 1.54) is 0 Å². The van der Waals surface area contributed by atoms with Crippen LogP contribution >= 0.6 is 0 Å². The average molecular weight is 125 g/mol. The van der Waals surface area contributed by atoms with E-state index in [2.05, 4.69) is 0 Å². The smallest absolute Gasteiger partial charge is 0 e. The largest absolute Gasteiger partial charge is 0 e. The molecule has 0 N–H and O–H groups in total. The summed E-state index contributed by atoms with van der Waals surface area (Å²) < 4.78 is 0. The molecule has 0 saturated carbocycles. The fourth-order valence-electron chi connectivity index (χ4n) is 0. The second-order valence-corrected chi connectivity index (χ2v) is 0. The van der Waals surface area contributed by atoms with Gasteiger partial charge in [0.1, 0.15) is 0 Å². The van der Waals surface area contributed by atoms with Crippen molar-refractivity contribution in [1.29, 1.82) is 0 Å². The van der Waals surface area contributed by atoms with Crippen LogP contribution in [0, 0.1) is 0 Å². The van der Waals surface area contributed by atoms with Gasteiger partial charge in [0.05, 0.1) is 0 Å². The Balaban J connectivity index is 0. The molecule has 0 aromatic rings. The van der Waals surface area contributed by atoms with Crippen LogP contribution in [0.2, 0.25) is 0 Å². The van der Waals surface area contributed by atoms with Gasteiger partial charge in [-0.15, -0.1) is 0 Å². The molecule has 0 fully saturated rings. The molecule has 0 nitrogen and oxygen atoms in total. The van der Waals surface area contributed by atoms with Crippen LogP contribution in [0.1, 0.15) is 0 Å². The van der Waals surface area contributed by atoms with Crippen molar-refractivity contribution in [3.05, 3.63) is 0 Å². The van der Waals surface area contributed by atoms with Crippen LogP contribution in [0.25, 0.3) is 0 Å². The zero-order valence-electron chi connectivity index (χ0n) is 3.71. The van der Waals surface area contributed by atoms with Crippen molar-refractivity contribution < 1.29 is 0 Å². The van der Waals surface area contributed by atoms with Crippen LogP contribution in [0.15, 0.2) is 0 Å². The van der Waals surface area contributed by atoms with E-state index in [9.17, 15) is 0 Å². The van der Waals surface area contributed by atoms with Crippen molar-refractivity contribution in [3.63, 3.8) is 0 Å². The zero-order chi connectivity index (χ0) is 0. The average Bonchev–Trinajstić information content (AvgIpc) is 0. The minimum atomic E-state index is 0. The Bertz CT molecular complexity index is 6.00. The van der Waals surface area contributed by atoms with Crippen LogP contribution in [0.5, 0.6) is 0 Å². The van der Waals surface area contributed by atoms with Crippen LogP contribution in [-0.2, 0) is 0 Å². The van der Waals surface area contributed by atoms with Gasteiger partial charge in [-0.3, -0.25) is 0 Å². The van der Waals surface area contributed by atoms with Gasteiger partial charge in [-0.05, 0) is 0 Å². The SMILES string of the molecule is [K].[K].[Mg].[Na]. The molecule has 4 heteroatoms. The Morgan fingerprint density at radius 2 is 0.750 bits per heavy atom. The molecule has 0 rings (SSSR count). The fraction of sp³-hybridized carbons (Fsp3) is 0. The van der Waals surface area contributed by atoms with Gasteiger partial charge in [0.25, 0.3) is 0 Å². The molecule has 0 aliphatic heterocycles. The van der Waals surface area contributed by atoms with E-state index in [0.29, 0.717) is 0 Å². The maximum Gasteiger partial charge on any atom is 0 e. The van der Waals surface area contributed by atoms with E-state index in [4.69, 9.17) is 0 Å². The molecule has 0 spiro atoms. The minimum Gasteiger partial charge on any atom is 0 e. The monoisotopic (exact) mass is 125 g/mol. The fourth-order valence-corrected chi connectivity index (χ4v) is 0. The topological polar surface area (TPSA) is 0 Å². The second kappa shape index (κ2) is 15.7. The Hall–Kier alpha value is 5.04. The molecule has 4 heavy (non-hydrogen) atoms. The minimum absolute atomic E-state index is 0. The number of hydrogen-bond donors (Lipinski definition) is 0. The maximum absolute atomic E-state index is 0. The molecule has 0 amide bonds. The first kappa shape index (κ1) is 23.0. The quantitative estimate of drug-likeness (QED) is 0.345. The molecule has 0 atom stereocenters. The van der Waals surface area contributed by atoms with Crippen LogP contribution in [0.3, 0.4) is 0 Å². The molecule has 0 bridgehead atoms. The molecule has 5 valence electrons. The molecular formula is K2MgNa. The van der Waals surface area contributed by atoms with E-state index >= 15 is 0 Å². The maximum atomic E-state index is 0. The molecule has 0 aromatic carbocycles. The summed E-state index contributed by atoms with van der Waals surface area (Å²) in [5, 5.41) is 0. The Morgan fingerprint density at radius 3 is 0.750 bits per heavy atom. The van der Waals surface area contributed by atoms with Gasteiger partial charge in [-0.25, -0.2) is 0 Å². The third kappa shape index (κ3) is 10.1. The zero-order valence-corrected chi connectivity index (χ0v) is 13.4. The number of rotatable bonds is 0. The summed E-state index contributed by atoms with van der Waals surface area (Å²) in [5.41, 5.74) is 0. The van der Waals surface area contributed by atoms with E-state index in [-0.39, 0.29) is 155 Å². The molecule has 0 unspecified atom stereocenters. The van der Waals surface area contributed by atoms with Crippen molar-refractivity contribution in [1.82, 2.24) is 0 Å². The first-order valence-corrected chi connectivity index (χ1v) is 0. The van der Waals surface area contributed by atoms with Gasteiger partial charge in [0.2, 0.25) is 0 Å². The van der Waals surface area contributed by atoms with Crippen molar-refractivity contribution in [2.75, 3.05) is 0 Å². The van der Waals surface area contributed by atoms with Crippen molar-refractivity contribution in [2.24, 2.45) is 0 Å². The van der Waals surface area contributed by atoms with Gasteiger partial charge in [0, 0.05) is 155 Å². The van der Waals surface area contributed by atoms with E-state index in [1.807, 2.05) is 0 Å². The standard InChI is InChI=1S/2K.Mg.Na. The summed E-state index contributed by atoms with van der Waals surface area (Å²) >= 11 is 0. The van der Waals surface area contributed by atoms with Crippen molar-refractivity contribution in [3.8, 4) is 0 Å². The van der Waals surface area contributed by atoms with Gasteiger partial charge < -0.3 is 0 Å². The summed E-state index contributed by atoms with van der Waals surface area (Å²) in [6, 6.07) is 0. The van der Waals surface area contributed by atoms with E-state index in [1.54, 1.807) is 0 Å². The van der Waals surface area contributed by atoms with Crippen LogP contribution < -0.4 is 0 Å². The Morgan fingerprint density at radius 1 is 0.750 bits per heavy atom. The number of hydrogen-bond acceptors (Lipinski definition) is 0. The van der Waals surface area contributed by atoms with Gasteiger partial charge in [-0.1, -0.05) is 0 Å². The second-order valence-electron chi connectivity index (χ2n) is 0. The van der Waals surface area contributed by atoms with Gasteiger partial charge >= 0.3 is 0 Å². The molecule has 0 saturated heterocycles. The van der Waals surface area contributed by atoms with Crippen LogP contribution in [-0.4, -0.2) is 155 Å². The molecule has 0 aliphatic carbocycles. The predicted molar refractivity (Wildman–Crippen MR) is 23.0 cm³/mol. The first-order chi connectivity index (χ1) is 0.